The number of aromatic nitrogens is 2. The minimum absolute atomic E-state index is 0.0171. The SMILES string of the molecule is CC(C(=O)Nc1ccnn1C(C)C)N1CCN(C(c2ccccc2)c2ccccc2)CC1. The molecular formula is C26H33N5O. The molecule has 1 saturated heterocycles. The van der Waals surface area contributed by atoms with Gasteiger partial charge in [0.25, 0.3) is 0 Å². The highest BCUT2D eigenvalue weighted by Gasteiger charge is 2.30. The predicted molar refractivity (Wildman–Crippen MR) is 129 cm³/mol. The van der Waals surface area contributed by atoms with Crippen LogP contribution in [0.25, 0.3) is 0 Å². The standard InChI is InChI=1S/C26H33N5O/c1-20(2)31-24(14-15-27-31)28-26(32)21(3)29-16-18-30(19-17-29)25(22-10-6-4-7-11-22)23-12-8-5-9-13-23/h4-15,20-21,25H,16-19H2,1-3H3,(H,28,32). The summed E-state index contributed by atoms with van der Waals surface area (Å²) in [6.45, 7) is 9.64. The Morgan fingerprint density at radius 3 is 1.88 bits per heavy atom. The smallest absolute Gasteiger partial charge is 0.242 e. The van der Waals surface area contributed by atoms with Gasteiger partial charge < -0.3 is 5.32 Å². The van der Waals surface area contributed by atoms with E-state index < -0.39 is 0 Å². The lowest BCUT2D eigenvalue weighted by molar-refractivity contribution is -0.121. The zero-order chi connectivity index (χ0) is 22.5. The van der Waals surface area contributed by atoms with Gasteiger partial charge in [-0.25, -0.2) is 4.68 Å². The van der Waals surface area contributed by atoms with Crippen molar-refractivity contribution in [2.75, 3.05) is 31.5 Å². The Bertz CT molecular complexity index is 954. The molecule has 1 N–H and O–H groups in total. The number of carbonyl (C=O) groups excluding carboxylic acids is 1. The second kappa shape index (κ2) is 10.1. The maximum Gasteiger partial charge on any atom is 0.242 e. The van der Waals surface area contributed by atoms with Crippen LogP contribution >= 0.6 is 0 Å². The van der Waals surface area contributed by atoms with E-state index in [2.05, 4.69) is 94.7 Å². The van der Waals surface area contributed by atoms with E-state index in [1.807, 2.05) is 17.7 Å². The molecule has 0 spiro atoms. The molecule has 6 nitrogen and oxygen atoms in total. The number of benzene rings is 2. The molecule has 0 bridgehead atoms. The van der Waals surface area contributed by atoms with Crippen molar-refractivity contribution in [2.45, 2.75) is 38.9 Å². The molecule has 168 valence electrons. The number of hydrogen-bond acceptors (Lipinski definition) is 4. The van der Waals surface area contributed by atoms with Crippen molar-refractivity contribution in [3.63, 3.8) is 0 Å². The lowest BCUT2D eigenvalue weighted by Gasteiger charge is -2.41. The summed E-state index contributed by atoms with van der Waals surface area (Å²) in [5.41, 5.74) is 2.61. The number of rotatable bonds is 7. The largest absolute Gasteiger partial charge is 0.310 e. The van der Waals surface area contributed by atoms with Gasteiger partial charge in [0.1, 0.15) is 5.82 Å². The fourth-order valence-electron chi connectivity index (χ4n) is 4.49. The topological polar surface area (TPSA) is 53.4 Å². The normalized spacial score (nSPS) is 16.4. The van der Waals surface area contributed by atoms with Crippen molar-refractivity contribution >= 4 is 11.7 Å². The maximum atomic E-state index is 12.9. The van der Waals surface area contributed by atoms with Gasteiger partial charge in [-0.05, 0) is 31.9 Å². The van der Waals surface area contributed by atoms with Gasteiger partial charge in [-0.15, -0.1) is 0 Å². The molecular weight excluding hydrogens is 398 g/mol. The predicted octanol–water partition coefficient (Wildman–Crippen LogP) is 4.20. The van der Waals surface area contributed by atoms with E-state index in [4.69, 9.17) is 0 Å². The summed E-state index contributed by atoms with van der Waals surface area (Å²) in [6.07, 6.45) is 1.73. The van der Waals surface area contributed by atoms with Gasteiger partial charge in [-0.1, -0.05) is 60.7 Å². The monoisotopic (exact) mass is 431 g/mol. The summed E-state index contributed by atoms with van der Waals surface area (Å²) >= 11 is 0. The molecule has 0 aliphatic carbocycles. The fraction of sp³-hybridized carbons (Fsp3) is 0.385. The Hall–Kier alpha value is -2.96. The van der Waals surface area contributed by atoms with Crippen molar-refractivity contribution in [3.05, 3.63) is 84.1 Å². The quantitative estimate of drug-likeness (QED) is 0.609. The molecule has 3 aromatic rings. The zero-order valence-corrected chi connectivity index (χ0v) is 19.2. The number of nitrogens with zero attached hydrogens (tertiary/aromatic N) is 4. The van der Waals surface area contributed by atoms with Crippen LogP contribution in [0.15, 0.2) is 72.9 Å². The first-order valence-corrected chi connectivity index (χ1v) is 11.5. The third-order valence-electron chi connectivity index (χ3n) is 6.28. The molecule has 0 radical (unpaired) electrons. The Labute approximate surface area is 190 Å². The molecule has 1 aliphatic heterocycles. The van der Waals surface area contributed by atoms with Gasteiger partial charge in [-0.2, -0.15) is 5.10 Å². The molecule has 1 fully saturated rings. The van der Waals surface area contributed by atoms with Gasteiger partial charge in [-0.3, -0.25) is 14.6 Å². The van der Waals surface area contributed by atoms with Crippen LogP contribution in [0, 0.1) is 0 Å². The molecule has 1 aromatic heterocycles. The number of anilines is 1. The molecule has 1 unspecified atom stereocenters. The average Bonchev–Trinajstić information content (AvgIpc) is 3.29. The Kier molecular flexibility index (Phi) is 7.02. The average molecular weight is 432 g/mol. The Balaban J connectivity index is 1.42. The molecule has 6 heteroatoms. The second-order valence-electron chi connectivity index (χ2n) is 8.72. The Morgan fingerprint density at radius 2 is 1.34 bits per heavy atom. The van der Waals surface area contributed by atoms with Gasteiger partial charge in [0.05, 0.1) is 18.3 Å². The van der Waals surface area contributed by atoms with Crippen LogP contribution in [0.2, 0.25) is 0 Å². The van der Waals surface area contributed by atoms with Crippen LogP contribution in [0.5, 0.6) is 0 Å². The summed E-state index contributed by atoms with van der Waals surface area (Å²) in [5.74, 6) is 0.771. The first-order chi connectivity index (χ1) is 15.5. The van der Waals surface area contributed by atoms with Crippen LogP contribution in [0.4, 0.5) is 5.82 Å². The zero-order valence-electron chi connectivity index (χ0n) is 19.2. The molecule has 2 heterocycles. The molecule has 1 atom stereocenters. The van der Waals surface area contributed by atoms with E-state index >= 15 is 0 Å². The van der Waals surface area contributed by atoms with E-state index in [9.17, 15) is 4.79 Å². The van der Waals surface area contributed by atoms with Gasteiger partial charge in [0, 0.05) is 38.3 Å². The van der Waals surface area contributed by atoms with Gasteiger partial charge >= 0.3 is 0 Å². The number of hydrogen-bond donors (Lipinski definition) is 1. The third kappa shape index (κ3) is 4.92. The van der Waals surface area contributed by atoms with Crippen LogP contribution in [0.3, 0.4) is 0 Å². The van der Waals surface area contributed by atoms with Crippen LogP contribution < -0.4 is 5.32 Å². The first kappa shape index (κ1) is 22.2. The van der Waals surface area contributed by atoms with Gasteiger partial charge in [0.15, 0.2) is 0 Å². The summed E-state index contributed by atoms with van der Waals surface area (Å²) in [7, 11) is 0. The molecule has 2 aromatic carbocycles. The molecule has 1 aliphatic rings. The fourth-order valence-corrected chi connectivity index (χ4v) is 4.49. The van der Waals surface area contributed by atoms with Crippen LogP contribution in [-0.2, 0) is 4.79 Å². The van der Waals surface area contributed by atoms with Crippen molar-refractivity contribution in [3.8, 4) is 0 Å². The summed E-state index contributed by atoms with van der Waals surface area (Å²) < 4.78 is 1.84. The number of nitrogens with one attached hydrogen (secondary N) is 1. The Morgan fingerprint density at radius 1 is 0.812 bits per heavy atom. The molecule has 0 saturated carbocycles. The minimum atomic E-state index is -0.195. The first-order valence-electron chi connectivity index (χ1n) is 11.5. The van der Waals surface area contributed by atoms with E-state index in [1.165, 1.54) is 11.1 Å². The van der Waals surface area contributed by atoms with Gasteiger partial charge in [0.2, 0.25) is 5.91 Å². The molecule has 32 heavy (non-hydrogen) atoms. The minimum Gasteiger partial charge on any atom is -0.310 e. The van der Waals surface area contributed by atoms with E-state index in [0.717, 1.165) is 32.0 Å². The summed E-state index contributed by atoms with van der Waals surface area (Å²) in [4.78, 5) is 17.7. The molecule has 4 rings (SSSR count). The highest BCUT2D eigenvalue weighted by molar-refractivity contribution is 5.93. The maximum absolute atomic E-state index is 12.9. The third-order valence-corrected chi connectivity index (χ3v) is 6.28. The van der Waals surface area contributed by atoms with E-state index in [-0.39, 0.29) is 24.0 Å². The van der Waals surface area contributed by atoms with Crippen molar-refractivity contribution < 1.29 is 4.79 Å². The van der Waals surface area contributed by atoms with Crippen molar-refractivity contribution in [1.29, 1.82) is 0 Å². The van der Waals surface area contributed by atoms with E-state index in [1.54, 1.807) is 6.20 Å². The lowest BCUT2D eigenvalue weighted by atomic mass is 9.96. The van der Waals surface area contributed by atoms with Crippen LogP contribution in [-0.4, -0.2) is 57.7 Å². The highest BCUT2D eigenvalue weighted by atomic mass is 16.2. The van der Waals surface area contributed by atoms with Crippen molar-refractivity contribution in [1.82, 2.24) is 19.6 Å². The number of amides is 1. The number of piperazine rings is 1. The highest BCUT2D eigenvalue weighted by Crippen LogP contribution is 2.29. The lowest BCUT2D eigenvalue weighted by Crippen LogP contribution is -2.53. The second-order valence-corrected chi connectivity index (χ2v) is 8.72. The van der Waals surface area contributed by atoms with Crippen molar-refractivity contribution in [2.24, 2.45) is 0 Å². The van der Waals surface area contributed by atoms with Crippen LogP contribution in [0.1, 0.15) is 44.0 Å². The number of carbonyl (C=O) groups is 1. The summed E-state index contributed by atoms with van der Waals surface area (Å²) in [5, 5.41) is 7.37. The molecule has 1 amide bonds. The van der Waals surface area contributed by atoms with E-state index in [0.29, 0.717) is 0 Å². The summed E-state index contributed by atoms with van der Waals surface area (Å²) in [6, 6.07) is 23.5.